The Hall–Kier alpha value is -1.88. The quantitative estimate of drug-likeness (QED) is 0.864. The molecule has 1 atom stereocenters. The number of hydrogen-bond acceptors (Lipinski definition) is 5. The number of hydrogen-bond donors (Lipinski definition) is 2. The first-order valence-corrected chi connectivity index (χ1v) is 6.38. The van der Waals surface area contributed by atoms with Crippen molar-refractivity contribution in [3.05, 3.63) is 41.0 Å². The second-order valence-corrected chi connectivity index (χ2v) is 4.72. The fourth-order valence-corrected chi connectivity index (χ4v) is 1.97. The van der Waals surface area contributed by atoms with Gasteiger partial charge in [-0.15, -0.1) is 0 Å². The van der Waals surface area contributed by atoms with Crippen molar-refractivity contribution >= 4 is 0 Å². The predicted molar refractivity (Wildman–Crippen MR) is 72.0 cm³/mol. The van der Waals surface area contributed by atoms with Crippen molar-refractivity contribution < 1.29 is 9.63 Å². The van der Waals surface area contributed by atoms with Gasteiger partial charge in [-0.1, -0.05) is 17.3 Å². The van der Waals surface area contributed by atoms with Crippen LogP contribution in [0.15, 0.2) is 22.7 Å². The molecular formula is C14H19N3O2. The molecule has 1 heterocycles. The lowest BCUT2D eigenvalue weighted by Crippen LogP contribution is -2.21. The number of phenols is 1. The van der Waals surface area contributed by atoms with Crippen LogP contribution in [0.4, 0.5) is 0 Å². The van der Waals surface area contributed by atoms with E-state index in [4.69, 9.17) is 4.52 Å². The molecule has 19 heavy (non-hydrogen) atoms. The molecular weight excluding hydrogens is 242 g/mol. The van der Waals surface area contributed by atoms with E-state index in [2.05, 4.69) is 15.5 Å². The lowest BCUT2D eigenvalue weighted by molar-refractivity contribution is 0.386. The Morgan fingerprint density at radius 3 is 2.79 bits per heavy atom. The first kappa shape index (κ1) is 13.5. The Kier molecular flexibility index (Phi) is 4.16. The van der Waals surface area contributed by atoms with Crippen molar-refractivity contribution in [3.63, 3.8) is 0 Å². The maximum absolute atomic E-state index is 9.90. The summed E-state index contributed by atoms with van der Waals surface area (Å²) >= 11 is 0. The second-order valence-electron chi connectivity index (χ2n) is 4.72. The molecule has 0 radical (unpaired) electrons. The summed E-state index contributed by atoms with van der Waals surface area (Å²) in [5, 5.41) is 17.1. The first-order chi connectivity index (χ1) is 9.06. The summed E-state index contributed by atoms with van der Waals surface area (Å²) in [6, 6.07) is 5.79. The van der Waals surface area contributed by atoms with E-state index < -0.39 is 0 Å². The highest BCUT2D eigenvalue weighted by Gasteiger charge is 2.10. The minimum absolute atomic E-state index is 0.0774. The average molecular weight is 261 g/mol. The molecule has 0 aliphatic carbocycles. The smallest absolute Gasteiger partial charge is 0.223 e. The second kappa shape index (κ2) is 5.84. The van der Waals surface area contributed by atoms with E-state index >= 15 is 0 Å². The topological polar surface area (TPSA) is 71.2 Å². The number of phenolic OH excluding ortho intramolecular Hbond substituents is 1. The van der Waals surface area contributed by atoms with E-state index in [0.29, 0.717) is 23.9 Å². The Balaban J connectivity index is 1.88. The number of benzene rings is 1. The fraction of sp³-hybridized carbons (Fsp3) is 0.429. The summed E-state index contributed by atoms with van der Waals surface area (Å²) in [5.41, 5.74) is 1.95. The maximum Gasteiger partial charge on any atom is 0.223 e. The van der Waals surface area contributed by atoms with Gasteiger partial charge >= 0.3 is 0 Å². The third kappa shape index (κ3) is 3.54. The highest BCUT2D eigenvalue weighted by atomic mass is 16.5. The molecule has 1 unspecified atom stereocenters. The minimum Gasteiger partial charge on any atom is -0.508 e. The predicted octanol–water partition coefficient (Wildman–Crippen LogP) is 2.29. The van der Waals surface area contributed by atoms with Gasteiger partial charge in [0.15, 0.2) is 5.82 Å². The van der Waals surface area contributed by atoms with Crippen LogP contribution in [-0.4, -0.2) is 21.8 Å². The molecule has 5 nitrogen and oxygen atoms in total. The summed E-state index contributed by atoms with van der Waals surface area (Å²) in [5.74, 6) is 1.61. The SMILES string of the molecule is Cc1ccc(C(C)NCCc2noc(C)n2)c(O)c1. The van der Waals surface area contributed by atoms with E-state index in [0.717, 1.165) is 17.7 Å². The molecule has 0 fully saturated rings. The minimum atomic E-state index is 0.0774. The molecule has 2 aromatic rings. The number of rotatable bonds is 5. The van der Waals surface area contributed by atoms with Crippen LogP contribution in [0.1, 0.15) is 35.8 Å². The molecule has 0 aliphatic rings. The summed E-state index contributed by atoms with van der Waals surface area (Å²) in [6.07, 6.45) is 0.703. The number of aryl methyl sites for hydroxylation is 2. The fourth-order valence-electron chi connectivity index (χ4n) is 1.97. The van der Waals surface area contributed by atoms with Gasteiger partial charge in [-0.2, -0.15) is 4.98 Å². The van der Waals surface area contributed by atoms with Crippen molar-refractivity contribution in [3.8, 4) is 5.75 Å². The van der Waals surface area contributed by atoms with E-state index in [9.17, 15) is 5.11 Å². The number of aromatic hydroxyl groups is 1. The molecule has 0 saturated carbocycles. The van der Waals surface area contributed by atoms with Crippen LogP contribution in [0.2, 0.25) is 0 Å². The third-order valence-corrected chi connectivity index (χ3v) is 3.02. The van der Waals surface area contributed by atoms with Crippen molar-refractivity contribution in [2.45, 2.75) is 33.2 Å². The van der Waals surface area contributed by atoms with Crippen LogP contribution < -0.4 is 5.32 Å². The molecule has 2 N–H and O–H groups in total. The van der Waals surface area contributed by atoms with E-state index in [1.165, 1.54) is 0 Å². The van der Waals surface area contributed by atoms with Crippen LogP contribution in [-0.2, 0) is 6.42 Å². The van der Waals surface area contributed by atoms with Crippen molar-refractivity contribution in [1.29, 1.82) is 0 Å². The van der Waals surface area contributed by atoms with Gasteiger partial charge in [-0.3, -0.25) is 0 Å². The summed E-state index contributed by atoms with van der Waals surface area (Å²) in [7, 11) is 0. The van der Waals surface area contributed by atoms with Gasteiger partial charge in [0.2, 0.25) is 5.89 Å². The van der Waals surface area contributed by atoms with Crippen LogP contribution in [0.25, 0.3) is 0 Å². The van der Waals surface area contributed by atoms with E-state index in [1.807, 2.05) is 26.0 Å². The molecule has 0 spiro atoms. The molecule has 0 aliphatic heterocycles. The van der Waals surface area contributed by atoms with E-state index in [-0.39, 0.29) is 6.04 Å². The molecule has 1 aromatic carbocycles. The van der Waals surface area contributed by atoms with Crippen LogP contribution in [0.3, 0.4) is 0 Å². The third-order valence-electron chi connectivity index (χ3n) is 3.02. The molecule has 2 rings (SSSR count). The molecule has 0 saturated heterocycles. The number of aromatic nitrogens is 2. The van der Waals surface area contributed by atoms with Gasteiger partial charge in [0.05, 0.1) is 0 Å². The van der Waals surface area contributed by atoms with Crippen molar-refractivity contribution in [2.24, 2.45) is 0 Å². The first-order valence-electron chi connectivity index (χ1n) is 6.38. The maximum atomic E-state index is 9.90. The highest BCUT2D eigenvalue weighted by Crippen LogP contribution is 2.24. The lowest BCUT2D eigenvalue weighted by atomic mass is 10.1. The standard InChI is InChI=1S/C14H19N3O2/c1-9-4-5-12(13(18)8-9)10(2)15-7-6-14-16-11(3)19-17-14/h4-5,8,10,15,18H,6-7H2,1-3H3. The molecule has 0 bridgehead atoms. The normalized spacial score (nSPS) is 12.6. The summed E-state index contributed by atoms with van der Waals surface area (Å²) in [6.45, 7) is 6.48. The summed E-state index contributed by atoms with van der Waals surface area (Å²) < 4.78 is 4.91. The zero-order valence-corrected chi connectivity index (χ0v) is 11.5. The Labute approximate surface area is 112 Å². The summed E-state index contributed by atoms with van der Waals surface area (Å²) in [4.78, 5) is 4.14. The van der Waals surface area contributed by atoms with Gasteiger partial charge in [0, 0.05) is 31.5 Å². The van der Waals surface area contributed by atoms with Gasteiger partial charge in [-0.05, 0) is 25.5 Å². The van der Waals surface area contributed by atoms with Gasteiger partial charge in [-0.25, -0.2) is 0 Å². The zero-order chi connectivity index (χ0) is 13.8. The Bertz CT molecular complexity index is 551. The van der Waals surface area contributed by atoms with Crippen LogP contribution in [0, 0.1) is 13.8 Å². The Morgan fingerprint density at radius 2 is 2.16 bits per heavy atom. The molecule has 5 heteroatoms. The number of nitrogens with zero attached hydrogens (tertiary/aromatic N) is 2. The van der Waals surface area contributed by atoms with Gasteiger partial charge in [0.25, 0.3) is 0 Å². The van der Waals surface area contributed by atoms with Gasteiger partial charge < -0.3 is 14.9 Å². The molecule has 102 valence electrons. The lowest BCUT2D eigenvalue weighted by Gasteiger charge is -2.15. The Morgan fingerprint density at radius 1 is 1.37 bits per heavy atom. The molecule has 0 amide bonds. The largest absolute Gasteiger partial charge is 0.508 e. The van der Waals surface area contributed by atoms with Gasteiger partial charge in [0.1, 0.15) is 5.75 Å². The van der Waals surface area contributed by atoms with Crippen molar-refractivity contribution in [1.82, 2.24) is 15.5 Å². The van der Waals surface area contributed by atoms with Crippen LogP contribution in [0.5, 0.6) is 5.75 Å². The molecule has 1 aromatic heterocycles. The van der Waals surface area contributed by atoms with Crippen LogP contribution >= 0.6 is 0 Å². The zero-order valence-electron chi connectivity index (χ0n) is 11.5. The highest BCUT2D eigenvalue weighted by molar-refractivity contribution is 5.37. The van der Waals surface area contributed by atoms with E-state index in [1.54, 1.807) is 13.0 Å². The number of nitrogens with one attached hydrogen (secondary N) is 1. The average Bonchev–Trinajstić information content (AvgIpc) is 2.75. The van der Waals surface area contributed by atoms with Crippen molar-refractivity contribution in [2.75, 3.05) is 6.54 Å². The monoisotopic (exact) mass is 261 g/mol.